The summed E-state index contributed by atoms with van der Waals surface area (Å²) in [5.74, 6) is -0.208. The molecule has 0 unspecified atom stereocenters. The van der Waals surface area contributed by atoms with E-state index in [1.807, 2.05) is 6.08 Å². The fourth-order valence-corrected chi connectivity index (χ4v) is 3.17. The van der Waals surface area contributed by atoms with Crippen LogP contribution in [0.3, 0.4) is 0 Å². The molecule has 1 aliphatic heterocycles. The van der Waals surface area contributed by atoms with Crippen LogP contribution in [0.5, 0.6) is 0 Å². The molecule has 0 aromatic heterocycles. The molecule has 2 rings (SSSR count). The molecule has 0 amide bonds. The number of benzene rings is 1. The Labute approximate surface area is 132 Å². The lowest BCUT2D eigenvalue weighted by molar-refractivity contribution is 0.162. The highest BCUT2D eigenvalue weighted by molar-refractivity contribution is 6.31. The molecule has 1 saturated heterocycles. The van der Waals surface area contributed by atoms with Crippen LogP contribution in [0.2, 0.25) is 5.02 Å². The Balaban J connectivity index is 2.13. The topological polar surface area (TPSA) is 15.3 Å². The molecular formula is C17H24ClFN2. The third-order valence-corrected chi connectivity index (χ3v) is 4.39. The minimum absolute atomic E-state index is 0.208. The normalized spacial score (nSPS) is 17.6. The zero-order valence-electron chi connectivity index (χ0n) is 12.5. The molecule has 4 heteroatoms. The van der Waals surface area contributed by atoms with Crippen molar-refractivity contribution in [1.82, 2.24) is 10.2 Å². The summed E-state index contributed by atoms with van der Waals surface area (Å²) in [6.07, 6.45) is 6.23. The van der Waals surface area contributed by atoms with Crippen LogP contribution in [-0.2, 0) is 0 Å². The van der Waals surface area contributed by atoms with Gasteiger partial charge in [0, 0.05) is 37.2 Å². The van der Waals surface area contributed by atoms with Crippen molar-refractivity contribution in [2.75, 3.05) is 26.2 Å². The zero-order chi connectivity index (χ0) is 15.1. The minimum atomic E-state index is -0.208. The molecule has 1 aliphatic rings. The number of allylic oxidation sites excluding steroid dienone is 1. The second kappa shape index (κ2) is 8.52. The van der Waals surface area contributed by atoms with Gasteiger partial charge in [-0.15, -0.1) is 6.58 Å². The quantitative estimate of drug-likeness (QED) is 0.600. The molecule has 1 aromatic carbocycles. The Kier molecular flexibility index (Phi) is 6.68. The average Bonchev–Trinajstić information content (AvgIpc) is 2.51. The van der Waals surface area contributed by atoms with E-state index < -0.39 is 0 Å². The Morgan fingerprint density at radius 1 is 1.33 bits per heavy atom. The first-order valence-corrected chi connectivity index (χ1v) is 8.11. The van der Waals surface area contributed by atoms with Gasteiger partial charge in [0.25, 0.3) is 0 Å². The molecule has 0 saturated carbocycles. The summed E-state index contributed by atoms with van der Waals surface area (Å²) < 4.78 is 13.6. The fourth-order valence-electron chi connectivity index (χ4n) is 2.92. The second-order valence-electron chi connectivity index (χ2n) is 5.54. The Morgan fingerprint density at radius 3 is 2.81 bits per heavy atom. The van der Waals surface area contributed by atoms with Gasteiger partial charge in [0.05, 0.1) is 0 Å². The van der Waals surface area contributed by atoms with Crippen LogP contribution in [0.1, 0.15) is 37.3 Å². The van der Waals surface area contributed by atoms with E-state index in [9.17, 15) is 4.39 Å². The van der Waals surface area contributed by atoms with E-state index in [0.717, 1.165) is 57.4 Å². The van der Waals surface area contributed by atoms with Gasteiger partial charge in [0.2, 0.25) is 0 Å². The zero-order valence-corrected chi connectivity index (χ0v) is 13.2. The van der Waals surface area contributed by atoms with Crippen LogP contribution < -0.4 is 5.32 Å². The summed E-state index contributed by atoms with van der Waals surface area (Å²) >= 11 is 6.33. The van der Waals surface area contributed by atoms with E-state index in [2.05, 4.69) is 16.8 Å². The maximum Gasteiger partial charge on any atom is 0.123 e. The van der Waals surface area contributed by atoms with Crippen LogP contribution in [0.15, 0.2) is 30.9 Å². The van der Waals surface area contributed by atoms with Crippen molar-refractivity contribution in [3.8, 4) is 0 Å². The lowest BCUT2D eigenvalue weighted by Crippen LogP contribution is -2.45. The number of halogens is 2. The third kappa shape index (κ3) is 4.80. The number of piperazine rings is 1. The van der Waals surface area contributed by atoms with Crippen LogP contribution >= 0.6 is 11.6 Å². The minimum Gasteiger partial charge on any atom is -0.314 e. The molecule has 1 atom stereocenters. The molecule has 0 bridgehead atoms. The van der Waals surface area contributed by atoms with Gasteiger partial charge in [0.1, 0.15) is 5.82 Å². The molecule has 116 valence electrons. The van der Waals surface area contributed by atoms with E-state index >= 15 is 0 Å². The summed E-state index contributed by atoms with van der Waals surface area (Å²) in [6, 6.07) is 4.91. The molecule has 0 radical (unpaired) electrons. The van der Waals surface area contributed by atoms with Gasteiger partial charge in [-0.2, -0.15) is 0 Å². The summed E-state index contributed by atoms with van der Waals surface area (Å²) in [6.45, 7) is 7.70. The predicted molar refractivity (Wildman–Crippen MR) is 87.3 cm³/mol. The maximum atomic E-state index is 13.6. The van der Waals surface area contributed by atoms with Gasteiger partial charge in [-0.3, -0.25) is 4.90 Å². The van der Waals surface area contributed by atoms with Crippen LogP contribution in [0.25, 0.3) is 0 Å². The van der Waals surface area contributed by atoms with E-state index in [0.29, 0.717) is 5.02 Å². The third-order valence-electron chi connectivity index (χ3n) is 4.05. The van der Waals surface area contributed by atoms with Gasteiger partial charge in [0.15, 0.2) is 0 Å². The van der Waals surface area contributed by atoms with Gasteiger partial charge < -0.3 is 5.32 Å². The van der Waals surface area contributed by atoms with E-state index in [1.165, 1.54) is 6.07 Å². The monoisotopic (exact) mass is 310 g/mol. The van der Waals surface area contributed by atoms with E-state index in [1.54, 1.807) is 12.1 Å². The van der Waals surface area contributed by atoms with Crippen molar-refractivity contribution in [2.24, 2.45) is 0 Å². The highest BCUT2D eigenvalue weighted by Gasteiger charge is 2.24. The Hall–Kier alpha value is -0.900. The number of rotatable bonds is 7. The lowest BCUT2D eigenvalue weighted by Gasteiger charge is -2.35. The molecule has 1 aromatic rings. The largest absolute Gasteiger partial charge is 0.314 e. The number of unbranched alkanes of at least 4 members (excludes halogenated alkanes) is 2. The van der Waals surface area contributed by atoms with Gasteiger partial charge in [-0.05, 0) is 43.0 Å². The molecule has 1 N–H and O–H groups in total. The molecule has 1 fully saturated rings. The number of nitrogens with zero attached hydrogens (tertiary/aromatic N) is 1. The standard InChI is InChI=1S/C17H24ClFN2/c1-2-3-4-5-6-17(21-11-9-20-10-12-21)15-13-14(19)7-8-16(15)18/h2,7-8,13,17,20H,1,3-6,9-12H2/t17-/m1/s1. The summed E-state index contributed by atoms with van der Waals surface area (Å²) in [4.78, 5) is 2.42. The molecule has 0 spiro atoms. The number of hydrogen-bond acceptors (Lipinski definition) is 2. The van der Waals surface area contributed by atoms with Crippen molar-refractivity contribution < 1.29 is 4.39 Å². The van der Waals surface area contributed by atoms with E-state index in [-0.39, 0.29) is 11.9 Å². The second-order valence-corrected chi connectivity index (χ2v) is 5.95. The number of hydrogen-bond donors (Lipinski definition) is 1. The van der Waals surface area contributed by atoms with Gasteiger partial charge in [-0.25, -0.2) is 4.39 Å². The summed E-state index contributed by atoms with van der Waals surface area (Å²) in [5.41, 5.74) is 0.928. The maximum absolute atomic E-state index is 13.6. The van der Waals surface area contributed by atoms with Crippen molar-refractivity contribution in [1.29, 1.82) is 0 Å². The summed E-state index contributed by atoms with van der Waals surface area (Å²) in [5, 5.41) is 4.03. The first-order chi connectivity index (χ1) is 10.2. The van der Waals surface area contributed by atoms with Gasteiger partial charge >= 0.3 is 0 Å². The van der Waals surface area contributed by atoms with Crippen molar-refractivity contribution in [3.05, 3.63) is 47.3 Å². The van der Waals surface area contributed by atoms with Gasteiger partial charge in [-0.1, -0.05) is 24.1 Å². The fraction of sp³-hybridized carbons (Fsp3) is 0.529. The molecule has 2 nitrogen and oxygen atoms in total. The molecule has 1 heterocycles. The van der Waals surface area contributed by atoms with E-state index in [4.69, 9.17) is 11.6 Å². The Bertz CT molecular complexity index is 458. The SMILES string of the molecule is C=CCCCC[C@H](c1cc(F)ccc1Cl)N1CCNCC1. The molecular weight excluding hydrogens is 287 g/mol. The lowest BCUT2D eigenvalue weighted by atomic mass is 9.97. The van der Waals surface area contributed by atoms with Crippen LogP contribution in [0, 0.1) is 5.82 Å². The Morgan fingerprint density at radius 2 is 2.10 bits per heavy atom. The van der Waals surface area contributed by atoms with Crippen LogP contribution in [-0.4, -0.2) is 31.1 Å². The number of nitrogens with one attached hydrogen (secondary N) is 1. The highest BCUT2D eigenvalue weighted by Crippen LogP contribution is 2.32. The first kappa shape index (κ1) is 16.5. The molecule has 0 aliphatic carbocycles. The molecule has 21 heavy (non-hydrogen) atoms. The smallest absolute Gasteiger partial charge is 0.123 e. The van der Waals surface area contributed by atoms with Crippen molar-refractivity contribution >= 4 is 11.6 Å². The first-order valence-electron chi connectivity index (χ1n) is 7.73. The predicted octanol–water partition coefficient (Wildman–Crippen LogP) is 4.17. The summed E-state index contributed by atoms with van der Waals surface area (Å²) in [7, 11) is 0. The highest BCUT2D eigenvalue weighted by atomic mass is 35.5. The van der Waals surface area contributed by atoms with Crippen molar-refractivity contribution in [2.45, 2.75) is 31.7 Å². The average molecular weight is 311 g/mol. The van der Waals surface area contributed by atoms with Crippen LogP contribution in [0.4, 0.5) is 4.39 Å². The van der Waals surface area contributed by atoms with Crippen molar-refractivity contribution in [3.63, 3.8) is 0 Å².